The van der Waals surface area contributed by atoms with Crippen molar-refractivity contribution >= 4 is 11.9 Å². The molecule has 0 radical (unpaired) electrons. The van der Waals surface area contributed by atoms with Crippen LogP contribution in [0.5, 0.6) is 5.75 Å². The van der Waals surface area contributed by atoms with E-state index < -0.39 is 29.1 Å². The van der Waals surface area contributed by atoms with E-state index in [0.29, 0.717) is 12.4 Å². The number of ether oxygens (including phenoxy) is 1. The largest absolute Gasteiger partial charge is 0.494 e. The Balaban J connectivity index is 2.52. The van der Waals surface area contributed by atoms with Crippen LogP contribution >= 0.6 is 0 Å². The fraction of sp³-hybridized carbons (Fsp3) is 0.368. The third-order valence-corrected chi connectivity index (χ3v) is 4.38. The molecule has 2 unspecified atom stereocenters. The van der Waals surface area contributed by atoms with Crippen LogP contribution in [0, 0.1) is 11.2 Å². The van der Waals surface area contributed by atoms with Crippen LogP contribution in [0.15, 0.2) is 42.0 Å². The third-order valence-electron chi connectivity index (χ3n) is 4.38. The summed E-state index contributed by atoms with van der Waals surface area (Å²) in [7, 11) is 0. The van der Waals surface area contributed by atoms with Gasteiger partial charge in [-0.3, -0.25) is 4.79 Å². The van der Waals surface area contributed by atoms with Gasteiger partial charge in [0.1, 0.15) is 11.6 Å². The maximum absolute atomic E-state index is 14.5. The summed E-state index contributed by atoms with van der Waals surface area (Å²) in [5.74, 6) is -3.95. The second kappa shape index (κ2) is 7.51. The van der Waals surface area contributed by atoms with Crippen LogP contribution in [0.4, 0.5) is 4.39 Å². The summed E-state index contributed by atoms with van der Waals surface area (Å²) in [6, 6.07) is 4.03. The highest BCUT2D eigenvalue weighted by atomic mass is 19.1. The van der Waals surface area contributed by atoms with E-state index in [4.69, 9.17) is 4.74 Å². The Morgan fingerprint density at radius 3 is 2.64 bits per heavy atom. The average molecular weight is 348 g/mol. The van der Waals surface area contributed by atoms with Crippen molar-refractivity contribution in [3.63, 3.8) is 0 Å². The molecular formula is C19H21FO5. The summed E-state index contributed by atoms with van der Waals surface area (Å²) in [5.41, 5.74) is -1.75. The van der Waals surface area contributed by atoms with Crippen LogP contribution in [0.2, 0.25) is 0 Å². The fourth-order valence-electron chi connectivity index (χ4n) is 2.91. The number of rotatable bonds is 7. The van der Waals surface area contributed by atoms with Gasteiger partial charge in [0.05, 0.1) is 12.0 Å². The molecule has 0 saturated carbocycles. The normalized spacial score (nSPS) is 22.4. The molecule has 0 heterocycles. The molecule has 1 aliphatic rings. The Morgan fingerprint density at radius 2 is 2.04 bits per heavy atom. The monoisotopic (exact) mass is 348 g/mol. The second-order valence-electron chi connectivity index (χ2n) is 6.19. The average Bonchev–Trinajstić information content (AvgIpc) is 2.56. The summed E-state index contributed by atoms with van der Waals surface area (Å²) in [5, 5.41) is 19.1. The van der Waals surface area contributed by atoms with E-state index in [9.17, 15) is 24.2 Å². The molecule has 0 fully saturated rings. The van der Waals surface area contributed by atoms with Crippen molar-refractivity contribution < 1.29 is 28.9 Å². The molecule has 0 amide bonds. The number of hydrogen-bond donors (Lipinski definition) is 2. The van der Waals surface area contributed by atoms with Crippen LogP contribution in [0.25, 0.3) is 0 Å². The highest BCUT2D eigenvalue weighted by Crippen LogP contribution is 2.46. The van der Waals surface area contributed by atoms with Crippen molar-refractivity contribution in [1.82, 2.24) is 0 Å². The molecule has 1 aliphatic carbocycles. The van der Waals surface area contributed by atoms with Gasteiger partial charge in [0, 0.05) is 17.1 Å². The van der Waals surface area contributed by atoms with E-state index in [1.165, 1.54) is 43.4 Å². The molecule has 0 bridgehead atoms. The predicted molar refractivity (Wildman–Crippen MR) is 90.1 cm³/mol. The standard InChI is InChI=1S/C19H21FO5/c1-3-4-10-25-12-7-8-15(20)14(11-12)16-13(17(21)22)6-5-9-19(16,2)18(23)24/h5-9,11,16H,3-4,10H2,1-2H3,(H,21,22)(H,23,24). The van der Waals surface area contributed by atoms with Gasteiger partial charge in [0.25, 0.3) is 0 Å². The Bertz CT molecular complexity index is 737. The Labute approximate surface area is 145 Å². The molecule has 0 aliphatic heterocycles. The lowest BCUT2D eigenvalue weighted by Crippen LogP contribution is -2.37. The maximum atomic E-state index is 14.5. The van der Waals surface area contributed by atoms with Crippen LogP contribution in [-0.4, -0.2) is 28.8 Å². The molecule has 0 saturated heterocycles. The number of unbranched alkanes of at least 4 members (excludes halogenated alkanes) is 1. The van der Waals surface area contributed by atoms with Gasteiger partial charge >= 0.3 is 11.9 Å². The van der Waals surface area contributed by atoms with Crippen LogP contribution in [-0.2, 0) is 9.59 Å². The Hall–Kier alpha value is -2.63. The van der Waals surface area contributed by atoms with Crippen molar-refractivity contribution in [1.29, 1.82) is 0 Å². The number of carboxylic acids is 2. The number of carboxylic acid groups (broad SMARTS) is 2. The third kappa shape index (κ3) is 3.73. The zero-order valence-corrected chi connectivity index (χ0v) is 14.2. The molecule has 25 heavy (non-hydrogen) atoms. The molecule has 134 valence electrons. The first-order chi connectivity index (χ1) is 11.8. The van der Waals surface area contributed by atoms with Gasteiger partial charge < -0.3 is 14.9 Å². The number of halogens is 1. The lowest BCUT2D eigenvalue weighted by molar-refractivity contribution is -0.146. The summed E-state index contributed by atoms with van der Waals surface area (Å²) in [4.78, 5) is 23.4. The minimum Gasteiger partial charge on any atom is -0.494 e. The van der Waals surface area contributed by atoms with Gasteiger partial charge in [-0.1, -0.05) is 31.6 Å². The van der Waals surface area contributed by atoms with E-state index in [1.807, 2.05) is 6.92 Å². The number of benzene rings is 1. The first-order valence-corrected chi connectivity index (χ1v) is 8.09. The zero-order valence-electron chi connectivity index (χ0n) is 14.2. The molecule has 0 aromatic heterocycles. The van der Waals surface area contributed by atoms with Gasteiger partial charge in [-0.05, 0) is 31.5 Å². The quantitative estimate of drug-likeness (QED) is 0.733. The van der Waals surface area contributed by atoms with Crippen molar-refractivity contribution in [3.8, 4) is 5.75 Å². The lowest BCUT2D eigenvalue weighted by atomic mass is 9.67. The molecule has 2 N–H and O–H groups in total. The van der Waals surface area contributed by atoms with E-state index in [0.717, 1.165) is 12.8 Å². The number of allylic oxidation sites excluding steroid dienone is 2. The maximum Gasteiger partial charge on any atom is 0.332 e. The molecule has 2 atom stereocenters. The van der Waals surface area contributed by atoms with Gasteiger partial charge in [0.2, 0.25) is 0 Å². The highest BCUT2D eigenvalue weighted by molar-refractivity contribution is 5.93. The predicted octanol–water partition coefficient (Wildman–Crippen LogP) is 3.76. The summed E-state index contributed by atoms with van der Waals surface area (Å²) < 4.78 is 20.1. The molecular weight excluding hydrogens is 327 g/mol. The fourth-order valence-corrected chi connectivity index (χ4v) is 2.91. The smallest absolute Gasteiger partial charge is 0.332 e. The molecule has 2 rings (SSSR count). The number of hydrogen-bond acceptors (Lipinski definition) is 3. The molecule has 6 heteroatoms. The van der Waals surface area contributed by atoms with E-state index in [2.05, 4.69) is 0 Å². The van der Waals surface area contributed by atoms with Crippen LogP contribution < -0.4 is 4.74 Å². The molecule has 5 nitrogen and oxygen atoms in total. The topological polar surface area (TPSA) is 83.8 Å². The van der Waals surface area contributed by atoms with Crippen LogP contribution in [0.1, 0.15) is 38.2 Å². The Kier molecular flexibility index (Phi) is 5.62. The van der Waals surface area contributed by atoms with E-state index in [1.54, 1.807) is 0 Å². The summed E-state index contributed by atoms with van der Waals surface area (Å²) in [6.45, 7) is 3.84. The van der Waals surface area contributed by atoms with Crippen molar-refractivity contribution in [2.24, 2.45) is 5.41 Å². The van der Waals surface area contributed by atoms with E-state index in [-0.39, 0.29) is 11.1 Å². The minimum atomic E-state index is -1.58. The van der Waals surface area contributed by atoms with Crippen molar-refractivity contribution in [3.05, 3.63) is 53.4 Å². The lowest BCUT2D eigenvalue weighted by Gasteiger charge is -2.34. The number of aliphatic carboxylic acids is 2. The molecule has 1 aromatic rings. The zero-order chi connectivity index (χ0) is 18.6. The summed E-state index contributed by atoms with van der Waals surface area (Å²) >= 11 is 0. The minimum absolute atomic E-state index is 0.00287. The summed E-state index contributed by atoms with van der Waals surface area (Å²) in [6.07, 6.45) is 5.84. The van der Waals surface area contributed by atoms with Gasteiger partial charge in [0.15, 0.2) is 0 Å². The van der Waals surface area contributed by atoms with Gasteiger partial charge in [-0.15, -0.1) is 0 Å². The van der Waals surface area contributed by atoms with E-state index >= 15 is 0 Å². The first-order valence-electron chi connectivity index (χ1n) is 8.09. The van der Waals surface area contributed by atoms with Gasteiger partial charge in [-0.25, -0.2) is 9.18 Å². The Morgan fingerprint density at radius 1 is 1.32 bits per heavy atom. The SMILES string of the molecule is CCCCOc1ccc(F)c(C2C(C(=O)O)=CC=CC2(C)C(=O)O)c1. The van der Waals surface area contributed by atoms with Crippen molar-refractivity contribution in [2.45, 2.75) is 32.6 Å². The van der Waals surface area contributed by atoms with Gasteiger partial charge in [-0.2, -0.15) is 0 Å². The number of carbonyl (C=O) groups is 2. The van der Waals surface area contributed by atoms with Crippen LogP contribution in [0.3, 0.4) is 0 Å². The highest BCUT2D eigenvalue weighted by Gasteiger charge is 2.46. The second-order valence-corrected chi connectivity index (χ2v) is 6.19. The van der Waals surface area contributed by atoms with Crippen molar-refractivity contribution in [2.75, 3.05) is 6.61 Å². The molecule has 0 spiro atoms. The molecule has 1 aromatic carbocycles. The first kappa shape index (κ1) is 18.7.